The van der Waals surface area contributed by atoms with Crippen LogP contribution >= 0.6 is 11.3 Å². The molecule has 4 heteroatoms. The summed E-state index contributed by atoms with van der Waals surface area (Å²) in [5, 5.41) is 5.22. The van der Waals surface area contributed by atoms with Crippen molar-refractivity contribution in [2.75, 3.05) is 12.4 Å². The minimum atomic E-state index is 0.929. The third-order valence-electron chi connectivity index (χ3n) is 2.65. The first-order valence-corrected chi connectivity index (χ1v) is 6.22. The van der Waals surface area contributed by atoms with Gasteiger partial charge in [0.2, 0.25) is 0 Å². The first kappa shape index (κ1) is 11.1. The van der Waals surface area contributed by atoms with Gasteiger partial charge in [-0.15, -0.1) is 11.3 Å². The van der Waals surface area contributed by atoms with Crippen molar-refractivity contribution >= 4 is 17.2 Å². The van der Waals surface area contributed by atoms with Gasteiger partial charge in [0.15, 0.2) is 0 Å². The molecule has 2 aromatic rings. The molecule has 0 aliphatic rings. The Morgan fingerprint density at radius 3 is 2.75 bits per heavy atom. The molecule has 0 unspecified atom stereocenters. The van der Waals surface area contributed by atoms with Gasteiger partial charge < -0.3 is 5.32 Å². The van der Waals surface area contributed by atoms with Gasteiger partial charge in [-0.25, -0.2) is 9.97 Å². The molecule has 0 amide bonds. The summed E-state index contributed by atoms with van der Waals surface area (Å²) >= 11 is 1.75. The number of nitrogens with zero attached hydrogens (tertiary/aromatic N) is 2. The number of aromatic nitrogens is 2. The van der Waals surface area contributed by atoms with Gasteiger partial charge in [0.25, 0.3) is 0 Å². The molecule has 0 aliphatic carbocycles. The van der Waals surface area contributed by atoms with Crippen LogP contribution in [-0.2, 0) is 6.42 Å². The highest BCUT2D eigenvalue weighted by Crippen LogP contribution is 2.30. The van der Waals surface area contributed by atoms with Gasteiger partial charge in [-0.2, -0.15) is 0 Å². The fourth-order valence-corrected chi connectivity index (χ4v) is 2.53. The van der Waals surface area contributed by atoms with Crippen LogP contribution in [0.5, 0.6) is 0 Å². The number of hydrogen-bond donors (Lipinski definition) is 1. The summed E-state index contributed by atoms with van der Waals surface area (Å²) in [5.74, 6) is 0.929. The van der Waals surface area contributed by atoms with E-state index in [4.69, 9.17) is 0 Å². The molecule has 3 nitrogen and oxygen atoms in total. The third kappa shape index (κ3) is 1.80. The van der Waals surface area contributed by atoms with Crippen LogP contribution in [0, 0.1) is 6.92 Å². The highest BCUT2D eigenvalue weighted by Gasteiger charge is 2.12. The number of aryl methyl sites for hydroxylation is 1. The highest BCUT2D eigenvalue weighted by molar-refractivity contribution is 7.10. The van der Waals surface area contributed by atoms with Crippen molar-refractivity contribution in [1.29, 1.82) is 0 Å². The van der Waals surface area contributed by atoms with E-state index in [-0.39, 0.29) is 0 Å². The summed E-state index contributed by atoms with van der Waals surface area (Å²) in [6.07, 6.45) is 2.55. The smallest absolute Gasteiger partial charge is 0.132 e. The van der Waals surface area contributed by atoms with E-state index in [1.807, 2.05) is 7.05 Å². The zero-order chi connectivity index (χ0) is 11.5. The lowest BCUT2D eigenvalue weighted by molar-refractivity contribution is 1.05. The predicted molar refractivity (Wildman–Crippen MR) is 69.0 cm³/mol. The summed E-state index contributed by atoms with van der Waals surface area (Å²) in [4.78, 5) is 9.97. The van der Waals surface area contributed by atoms with Crippen LogP contribution in [0.1, 0.15) is 17.4 Å². The monoisotopic (exact) mass is 233 g/mol. The predicted octanol–water partition coefficient (Wildman–Crippen LogP) is 3.12. The molecule has 2 rings (SSSR count). The lowest BCUT2D eigenvalue weighted by atomic mass is 10.1. The van der Waals surface area contributed by atoms with E-state index in [1.165, 1.54) is 16.0 Å². The summed E-state index contributed by atoms with van der Waals surface area (Å²) in [6.45, 7) is 4.26. The quantitative estimate of drug-likeness (QED) is 0.885. The number of rotatable bonds is 3. The van der Waals surface area contributed by atoms with Crippen LogP contribution in [0.3, 0.4) is 0 Å². The van der Waals surface area contributed by atoms with Gasteiger partial charge in [-0.1, -0.05) is 6.92 Å². The first-order chi connectivity index (χ1) is 7.77. The summed E-state index contributed by atoms with van der Waals surface area (Å²) in [5.41, 5.74) is 3.47. The Labute approximate surface area is 99.6 Å². The zero-order valence-electron chi connectivity index (χ0n) is 9.74. The fourth-order valence-electron chi connectivity index (χ4n) is 1.83. The van der Waals surface area contributed by atoms with Crippen LogP contribution in [-0.4, -0.2) is 17.0 Å². The summed E-state index contributed by atoms with van der Waals surface area (Å²) in [6, 6.07) is 2.13. The molecule has 2 heterocycles. The van der Waals surface area contributed by atoms with E-state index < -0.39 is 0 Å². The van der Waals surface area contributed by atoms with Crippen LogP contribution in [0.2, 0.25) is 0 Å². The van der Waals surface area contributed by atoms with E-state index in [0.29, 0.717) is 0 Å². The van der Waals surface area contributed by atoms with E-state index in [0.717, 1.165) is 17.9 Å². The van der Waals surface area contributed by atoms with Crippen molar-refractivity contribution in [3.8, 4) is 11.3 Å². The normalized spacial score (nSPS) is 10.4. The molecule has 2 aromatic heterocycles. The van der Waals surface area contributed by atoms with Crippen LogP contribution in [0.15, 0.2) is 17.8 Å². The summed E-state index contributed by atoms with van der Waals surface area (Å²) in [7, 11) is 1.89. The van der Waals surface area contributed by atoms with Crippen molar-refractivity contribution in [1.82, 2.24) is 9.97 Å². The van der Waals surface area contributed by atoms with Crippen molar-refractivity contribution in [3.05, 3.63) is 28.2 Å². The molecule has 16 heavy (non-hydrogen) atoms. The molecule has 0 radical (unpaired) electrons. The topological polar surface area (TPSA) is 37.8 Å². The Balaban J connectivity index is 2.61. The molecule has 0 saturated carbocycles. The summed E-state index contributed by atoms with van der Waals surface area (Å²) < 4.78 is 0. The molecular formula is C12H15N3S. The molecule has 84 valence electrons. The number of anilines is 1. The second-order valence-corrected chi connectivity index (χ2v) is 4.66. The highest BCUT2D eigenvalue weighted by atomic mass is 32.1. The average Bonchev–Trinajstić information content (AvgIpc) is 2.74. The number of hydrogen-bond acceptors (Lipinski definition) is 4. The molecule has 1 N–H and O–H groups in total. The third-order valence-corrected chi connectivity index (χ3v) is 3.50. The lowest BCUT2D eigenvalue weighted by Crippen LogP contribution is -2.02. The SMILES string of the molecule is CCc1c(NC)ncnc1-c1ccsc1C. The minimum Gasteiger partial charge on any atom is -0.373 e. The molecule has 0 fully saturated rings. The van der Waals surface area contributed by atoms with Gasteiger partial charge in [0, 0.05) is 23.1 Å². The first-order valence-electron chi connectivity index (χ1n) is 5.34. The molecular weight excluding hydrogens is 218 g/mol. The van der Waals surface area contributed by atoms with Crippen LogP contribution in [0.4, 0.5) is 5.82 Å². The van der Waals surface area contributed by atoms with E-state index >= 15 is 0 Å². The zero-order valence-corrected chi connectivity index (χ0v) is 10.6. The minimum absolute atomic E-state index is 0.929. The van der Waals surface area contributed by atoms with Crippen LogP contribution in [0.25, 0.3) is 11.3 Å². The largest absolute Gasteiger partial charge is 0.373 e. The second-order valence-electron chi connectivity index (χ2n) is 3.54. The maximum atomic E-state index is 4.42. The number of thiophene rings is 1. The Bertz CT molecular complexity index is 491. The van der Waals surface area contributed by atoms with E-state index in [9.17, 15) is 0 Å². The van der Waals surface area contributed by atoms with Crippen molar-refractivity contribution < 1.29 is 0 Å². The van der Waals surface area contributed by atoms with Gasteiger partial charge in [-0.05, 0) is 24.8 Å². The Morgan fingerprint density at radius 2 is 2.19 bits per heavy atom. The van der Waals surface area contributed by atoms with Crippen molar-refractivity contribution in [2.45, 2.75) is 20.3 Å². The molecule has 0 saturated heterocycles. The van der Waals surface area contributed by atoms with E-state index in [1.54, 1.807) is 17.7 Å². The maximum Gasteiger partial charge on any atom is 0.132 e. The molecule has 0 aliphatic heterocycles. The average molecular weight is 233 g/mol. The van der Waals surface area contributed by atoms with E-state index in [2.05, 4.69) is 40.6 Å². The lowest BCUT2D eigenvalue weighted by Gasteiger charge is -2.10. The second kappa shape index (κ2) is 4.61. The Hall–Kier alpha value is -1.42. The van der Waals surface area contributed by atoms with Crippen molar-refractivity contribution in [2.24, 2.45) is 0 Å². The number of nitrogens with one attached hydrogen (secondary N) is 1. The van der Waals surface area contributed by atoms with Gasteiger partial charge in [0.1, 0.15) is 12.1 Å². The Kier molecular flexibility index (Phi) is 3.19. The van der Waals surface area contributed by atoms with Gasteiger partial charge >= 0.3 is 0 Å². The molecule has 0 atom stereocenters. The van der Waals surface area contributed by atoms with Gasteiger partial charge in [0.05, 0.1) is 5.69 Å². The molecule has 0 aromatic carbocycles. The van der Waals surface area contributed by atoms with Crippen molar-refractivity contribution in [3.63, 3.8) is 0 Å². The van der Waals surface area contributed by atoms with Crippen LogP contribution < -0.4 is 5.32 Å². The molecule has 0 spiro atoms. The van der Waals surface area contributed by atoms with Gasteiger partial charge in [-0.3, -0.25) is 0 Å². The maximum absolute atomic E-state index is 4.42. The fraction of sp³-hybridized carbons (Fsp3) is 0.333. The Morgan fingerprint density at radius 1 is 1.38 bits per heavy atom. The standard InChI is InChI=1S/C12H15N3S/c1-4-9-11(10-5-6-16-8(10)2)14-7-15-12(9)13-3/h5-7H,4H2,1-3H3,(H,13,14,15). The molecule has 0 bridgehead atoms.